The summed E-state index contributed by atoms with van der Waals surface area (Å²) in [4.78, 5) is 9.08. The standard InChI is InChI=1S/C23H30N2/c1-5-9-11-13-20-16-23-21(15-19(20)8-4)22(24-17-25-23)14-18(7-3)12-10-6-2/h3,6,10,15-18H,5,8-9,11-14H2,1-2,4H3/b10-6-. The molecule has 132 valence electrons. The van der Waals surface area contributed by atoms with Gasteiger partial charge in [-0.3, -0.25) is 0 Å². The van der Waals surface area contributed by atoms with Gasteiger partial charge in [0.2, 0.25) is 0 Å². The summed E-state index contributed by atoms with van der Waals surface area (Å²) in [5.41, 5.74) is 4.99. The molecule has 25 heavy (non-hydrogen) atoms. The van der Waals surface area contributed by atoms with E-state index in [0.717, 1.165) is 36.9 Å². The van der Waals surface area contributed by atoms with Crippen molar-refractivity contribution in [1.82, 2.24) is 9.97 Å². The minimum absolute atomic E-state index is 0.184. The zero-order valence-electron chi connectivity index (χ0n) is 15.9. The van der Waals surface area contributed by atoms with Crippen LogP contribution in [-0.2, 0) is 19.3 Å². The van der Waals surface area contributed by atoms with Crippen molar-refractivity contribution in [3.05, 3.63) is 47.4 Å². The maximum atomic E-state index is 5.73. The SMILES string of the molecule is C#CC(C/C=C\C)Cc1ncnc2cc(CCCCC)c(CC)cc12. The highest BCUT2D eigenvalue weighted by Crippen LogP contribution is 2.25. The molecule has 1 aromatic carbocycles. The summed E-state index contributed by atoms with van der Waals surface area (Å²) in [6.07, 6.45) is 19.3. The molecular weight excluding hydrogens is 304 g/mol. The monoisotopic (exact) mass is 334 g/mol. The predicted octanol–water partition coefficient (Wildman–Crippen LogP) is 5.68. The van der Waals surface area contributed by atoms with Gasteiger partial charge >= 0.3 is 0 Å². The largest absolute Gasteiger partial charge is 0.241 e. The molecule has 0 amide bonds. The summed E-state index contributed by atoms with van der Waals surface area (Å²) in [6.45, 7) is 6.50. The smallest absolute Gasteiger partial charge is 0.116 e. The summed E-state index contributed by atoms with van der Waals surface area (Å²) in [5.74, 6) is 3.10. The molecule has 2 heteroatoms. The lowest BCUT2D eigenvalue weighted by molar-refractivity contribution is 0.672. The molecule has 2 nitrogen and oxygen atoms in total. The Kier molecular flexibility index (Phi) is 7.67. The highest BCUT2D eigenvalue weighted by Gasteiger charge is 2.12. The third kappa shape index (κ3) is 5.16. The minimum atomic E-state index is 0.184. The van der Waals surface area contributed by atoms with Crippen LogP contribution in [0.4, 0.5) is 0 Å². The molecule has 1 aromatic heterocycles. The minimum Gasteiger partial charge on any atom is -0.241 e. The van der Waals surface area contributed by atoms with Crippen LogP contribution in [0.15, 0.2) is 30.6 Å². The van der Waals surface area contributed by atoms with Crippen LogP contribution in [0.2, 0.25) is 0 Å². The predicted molar refractivity (Wildman–Crippen MR) is 108 cm³/mol. The van der Waals surface area contributed by atoms with Gasteiger partial charge in [0.25, 0.3) is 0 Å². The number of hydrogen-bond donors (Lipinski definition) is 0. The van der Waals surface area contributed by atoms with Crippen molar-refractivity contribution in [3.63, 3.8) is 0 Å². The first-order valence-electron chi connectivity index (χ1n) is 9.56. The second-order valence-corrected chi connectivity index (χ2v) is 6.64. The Labute approximate surface area is 152 Å². The van der Waals surface area contributed by atoms with Crippen molar-refractivity contribution in [3.8, 4) is 12.3 Å². The lowest BCUT2D eigenvalue weighted by Crippen LogP contribution is -2.05. The van der Waals surface area contributed by atoms with Crippen molar-refractivity contribution in [2.45, 2.75) is 65.7 Å². The van der Waals surface area contributed by atoms with E-state index in [4.69, 9.17) is 6.42 Å². The van der Waals surface area contributed by atoms with Crippen LogP contribution in [-0.4, -0.2) is 9.97 Å². The molecule has 0 aliphatic rings. The van der Waals surface area contributed by atoms with Gasteiger partial charge in [0, 0.05) is 17.7 Å². The Morgan fingerprint density at radius 1 is 1.16 bits per heavy atom. The number of allylic oxidation sites excluding steroid dienone is 2. The Bertz CT molecular complexity index is 753. The summed E-state index contributed by atoms with van der Waals surface area (Å²) in [6, 6.07) is 4.57. The Morgan fingerprint density at radius 2 is 2.00 bits per heavy atom. The maximum absolute atomic E-state index is 5.73. The Morgan fingerprint density at radius 3 is 2.68 bits per heavy atom. The Hall–Kier alpha value is -2.14. The van der Waals surface area contributed by atoms with E-state index in [9.17, 15) is 0 Å². The number of hydrogen-bond acceptors (Lipinski definition) is 2. The van der Waals surface area contributed by atoms with Gasteiger partial charge in [0.1, 0.15) is 6.33 Å². The van der Waals surface area contributed by atoms with Crippen molar-refractivity contribution in [2.75, 3.05) is 0 Å². The lowest BCUT2D eigenvalue weighted by atomic mass is 9.94. The number of aromatic nitrogens is 2. The van der Waals surface area contributed by atoms with Gasteiger partial charge in [-0.2, -0.15) is 0 Å². The van der Waals surface area contributed by atoms with Gasteiger partial charge in [-0.05, 0) is 55.9 Å². The number of fused-ring (bicyclic) bond motifs is 1. The molecule has 1 unspecified atom stereocenters. The third-order valence-corrected chi connectivity index (χ3v) is 4.80. The van der Waals surface area contributed by atoms with Crippen molar-refractivity contribution in [1.29, 1.82) is 0 Å². The van der Waals surface area contributed by atoms with Crippen LogP contribution in [0.25, 0.3) is 10.9 Å². The number of aryl methyl sites for hydroxylation is 2. The highest BCUT2D eigenvalue weighted by molar-refractivity contribution is 5.82. The molecule has 0 aliphatic carbocycles. The molecule has 1 atom stereocenters. The van der Waals surface area contributed by atoms with Crippen molar-refractivity contribution >= 4 is 10.9 Å². The number of terminal acetylenes is 1. The van der Waals surface area contributed by atoms with Crippen LogP contribution in [0.1, 0.15) is 63.3 Å². The highest BCUT2D eigenvalue weighted by atomic mass is 14.8. The topological polar surface area (TPSA) is 25.8 Å². The van der Waals surface area contributed by atoms with E-state index in [-0.39, 0.29) is 5.92 Å². The molecule has 0 radical (unpaired) electrons. The molecular formula is C23H30N2. The average molecular weight is 335 g/mol. The van der Waals surface area contributed by atoms with Crippen LogP contribution < -0.4 is 0 Å². The first-order valence-corrected chi connectivity index (χ1v) is 9.56. The van der Waals surface area contributed by atoms with E-state index >= 15 is 0 Å². The third-order valence-electron chi connectivity index (χ3n) is 4.80. The van der Waals surface area contributed by atoms with Crippen LogP contribution >= 0.6 is 0 Å². The van der Waals surface area contributed by atoms with E-state index < -0.39 is 0 Å². The maximum Gasteiger partial charge on any atom is 0.116 e. The molecule has 0 N–H and O–H groups in total. The first kappa shape index (κ1) is 19.2. The zero-order chi connectivity index (χ0) is 18.1. The van der Waals surface area contributed by atoms with Crippen LogP contribution in [0, 0.1) is 18.3 Å². The molecule has 0 bridgehead atoms. The van der Waals surface area contributed by atoms with Crippen LogP contribution in [0.5, 0.6) is 0 Å². The second kappa shape index (κ2) is 9.99. The van der Waals surface area contributed by atoms with Gasteiger partial charge in [0.15, 0.2) is 0 Å². The number of rotatable bonds is 9. The van der Waals surface area contributed by atoms with Crippen molar-refractivity contribution < 1.29 is 0 Å². The van der Waals surface area contributed by atoms with Gasteiger partial charge in [-0.25, -0.2) is 9.97 Å². The number of unbranched alkanes of at least 4 members (excludes halogenated alkanes) is 2. The summed E-state index contributed by atoms with van der Waals surface area (Å²) in [5, 5.41) is 1.17. The van der Waals surface area contributed by atoms with Crippen LogP contribution in [0.3, 0.4) is 0 Å². The van der Waals surface area contributed by atoms with Gasteiger partial charge in [-0.15, -0.1) is 12.3 Å². The molecule has 0 fully saturated rings. The van der Waals surface area contributed by atoms with Gasteiger partial charge in [0.05, 0.1) is 11.2 Å². The fourth-order valence-electron chi connectivity index (χ4n) is 3.28. The van der Waals surface area contributed by atoms with E-state index in [1.807, 2.05) is 6.92 Å². The summed E-state index contributed by atoms with van der Waals surface area (Å²) in [7, 11) is 0. The molecule has 0 saturated carbocycles. The van der Waals surface area contributed by atoms with E-state index in [1.165, 1.54) is 35.8 Å². The normalized spacial score (nSPS) is 12.6. The molecule has 0 spiro atoms. The zero-order valence-corrected chi connectivity index (χ0v) is 15.9. The van der Waals surface area contributed by atoms with Gasteiger partial charge in [-0.1, -0.05) is 38.8 Å². The number of nitrogens with zero attached hydrogens (tertiary/aromatic N) is 2. The molecule has 0 aliphatic heterocycles. The fraction of sp³-hybridized carbons (Fsp3) is 0.478. The van der Waals surface area contributed by atoms with Crippen molar-refractivity contribution in [2.24, 2.45) is 5.92 Å². The number of benzene rings is 1. The molecule has 0 saturated heterocycles. The lowest BCUT2D eigenvalue weighted by Gasteiger charge is -2.13. The summed E-state index contributed by atoms with van der Waals surface area (Å²) >= 11 is 0. The molecule has 2 aromatic rings. The van der Waals surface area contributed by atoms with E-state index in [2.05, 4.69) is 54.0 Å². The quantitative estimate of drug-likeness (QED) is 0.335. The van der Waals surface area contributed by atoms with E-state index in [0.29, 0.717) is 0 Å². The summed E-state index contributed by atoms with van der Waals surface area (Å²) < 4.78 is 0. The second-order valence-electron chi connectivity index (χ2n) is 6.64. The molecule has 1 heterocycles. The first-order chi connectivity index (χ1) is 12.2. The molecule has 2 rings (SSSR count). The fourth-order valence-corrected chi connectivity index (χ4v) is 3.28. The van der Waals surface area contributed by atoms with Gasteiger partial charge < -0.3 is 0 Å². The average Bonchev–Trinajstić information content (AvgIpc) is 2.64. The Balaban J connectivity index is 2.34. The van der Waals surface area contributed by atoms with E-state index in [1.54, 1.807) is 6.33 Å².